The second-order valence-corrected chi connectivity index (χ2v) is 3.31. The van der Waals surface area contributed by atoms with Crippen LogP contribution in [0.1, 0.15) is 5.56 Å². The van der Waals surface area contributed by atoms with Gasteiger partial charge in [0.1, 0.15) is 0 Å². The molecule has 0 saturated carbocycles. The highest BCUT2D eigenvalue weighted by molar-refractivity contribution is 7.99. The van der Waals surface area contributed by atoms with Gasteiger partial charge >= 0.3 is 0 Å². The molecule has 0 unspecified atom stereocenters. The number of nitrogens with zero attached hydrogens (tertiary/aromatic N) is 1. The van der Waals surface area contributed by atoms with E-state index in [9.17, 15) is 0 Å². The summed E-state index contributed by atoms with van der Waals surface area (Å²) in [6, 6.07) is 0. The lowest BCUT2D eigenvalue weighted by molar-refractivity contribution is 1.20. The Morgan fingerprint density at radius 1 is 1.60 bits per heavy atom. The largest absolute Gasteiger partial charge is 0.374 e. The first-order valence-electron chi connectivity index (χ1n) is 3.19. The molecule has 1 N–H and O–H groups in total. The van der Waals surface area contributed by atoms with Crippen LogP contribution in [0.2, 0.25) is 0 Å². The number of thioether (sulfide) groups is 1. The van der Waals surface area contributed by atoms with Crippen LogP contribution in [0, 0.1) is 6.92 Å². The van der Waals surface area contributed by atoms with Crippen molar-refractivity contribution in [3.05, 3.63) is 18.0 Å². The number of nitrogens with one attached hydrogen (secondary N) is 1. The first-order valence-corrected chi connectivity index (χ1v) is 4.18. The summed E-state index contributed by atoms with van der Waals surface area (Å²) in [5, 5.41) is 3.29. The van der Waals surface area contributed by atoms with Crippen LogP contribution in [0.4, 0.5) is 5.69 Å². The van der Waals surface area contributed by atoms with Crippen molar-refractivity contribution in [2.75, 3.05) is 11.2 Å². The van der Waals surface area contributed by atoms with Crippen LogP contribution in [0.15, 0.2) is 17.3 Å². The lowest BCUT2D eigenvalue weighted by atomic mass is 10.3. The zero-order valence-corrected chi connectivity index (χ0v) is 6.53. The van der Waals surface area contributed by atoms with Crippen LogP contribution in [0.5, 0.6) is 0 Å². The van der Waals surface area contributed by atoms with Gasteiger partial charge in [0, 0.05) is 12.4 Å². The molecule has 2 rings (SSSR count). The molecule has 1 aromatic rings. The van der Waals surface area contributed by atoms with Crippen LogP contribution in [-0.2, 0) is 0 Å². The number of aromatic nitrogens is 1. The topological polar surface area (TPSA) is 24.9 Å². The van der Waals surface area contributed by atoms with E-state index in [1.165, 1.54) is 16.1 Å². The maximum absolute atomic E-state index is 4.10. The molecule has 0 fully saturated rings. The summed E-state index contributed by atoms with van der Waals surface area (Å²) >= 11 is 1.81. The highest BCUT2D eigenvalue weighted by Crippen LogP contribution is 2.34. The molecule has 0 atom stereocenters. The normalized spacial score (nSPS) is 14.5. The van der Waals surface area contributed by atoms with E-state index in [1.807, 2.05) is 24.2 Å². The van der Waals surface area contributed by atoms with Crippen molar-refractivity contribution >= 4 is 17.4 Å². The number of anilines is 1. The molecule has 10 heavy (non-hydrogen) atoms. The monoisotopic (exact) mass is 152 g/mol. The third kappa shape index (κ3) is 0.778. The van der Waals surface area contributed by atoms with E-state index >= 15 is 0 Å². The van der Waals surface area contributed by atoms with Gasteiger partial charge in [0.05, 0.1) is 16.5 Å². The van der Waals surface area contributed by atoms with Gasteiger partial charge in [-0.3, -0.25) is 4.98 Å². The molecule has 1 aromatic heterocycles. The molecule has 52 valence electrons. The van der Waals surface area contributed by atoms with E-state index < -0.39 is 0 Å². The van der Waals surface area contributed by atoms with Crippen molar-refractivity contribution in [2.45, 2.75) is 11.8 Å². The fraction of sp³-hybridized carbons (Fsp3) is 0.286. The van der Waals surface area contributed by atoms with Gasteiger partial charge in [-0.2, -0.15) is 0 Å². The van der Waals surface area contributed by atoms with E-state index in [0.717, 1.165) is 5.88 Å². The lowest BCUT2D eigenvalue weighted by Gasteiger charge is -1.99. The van der Waals surface area contributed by atoms with Gasteiger partial charge in [-0.15, -0.1) is 11.8 Å². The summed E-state index contributed by atoms with van der Waals surface area (Å²) in [4.78, 5) is 5.37. The average molecular weight is 152 g/mol. The molecule has 3 heteroatoms. The number of aryl methyl sites for hydroxylation is 1. The molecule has 0 amide bonds. The van der Waals surface area contributed by atoms with E-state index in [4.69, 9.17) is 0 Å². The predicted octanol–water partition coefficient (Wildman–Crippen LogP) is 1.87. The van der Waals surface area contributed by atoms with Gasteiger partial charge in [0.25, 0.3) is 0 Å². The number of hydrogen-bond acceptors (Lipinski definition) is 3. The summed E-state index contributed by atoms with van der Waals surface area (Å²) in [5.74, 6) is 0.988. The number of pyridine rings is 1. The fourth-order valence-corrected chi connectivity index (χ4v) is 1.95. The standard InChI is InChI=1S/C7H8N2S/c1-5-2-8-3-6-7(5)9-4-10-6/h2-3,9H,4H2,1H3. The van der Waals surface area contributed by atoms with E-state index in [-0.39, 0.29) is 0 Å². The zero-order valence-electron chi connectivity index (χ0n) is 5.72. The minimum absolute atomic E-state index is 0.988. The highest BCUT2D eigenvalue weighted by atomic mass is 32.2. The summed E-state index contributed by atoms with van der Waals surface area (Å²) in [6.45, 7) is 2.07. The molecule has 0 bridgehead atoms. The zero-order chi connectivity index (χ0) is 6.97. The van der Waals surface area contributed by atoms with Crippen LogP contribution >= 0.6 is 11.8 Å². The minimum atomic E-state index is 0.988. The number of hydrogen-bond donors (Lipinski definition) is 1. The van der Waals surface area contributed by atoms with Crippen molar-refractivity contribution < 1.29 is 0 Å². The van der Waals surface area contributed by atoms with Crippen LogP contribution < -0.4 is 5.32 Å². The minimum Gasteiger partial charge on any atom is -0.374 e. The Kier molecular flexibility index (Phi) is 1.31. The molecule has 1 aliphatic rings. The summed E-state index contributed by atoms with van der Waals surface area (Å²) in [5.41, 5.74) is 2.50. The Morgan fingerprint density at radius 3 is 3.30 bits per heavy atom. The second kappa shape index (κ2) is 2.16. The molecule has 0 aliphatic carbocycles. The van der Waals surface area contributed by atoms with E-state index in [1.54, 1.807) is 0 Å². The Bertz CT molecular complexity index is 260. The van der Waals surface area contributed by atoms with Crippen molar-refractivity contribution in [1.29, 1.82) is 0 Å². The van der Waals surface area contributed by atoms with Gasteiger partial charge in [0.15, 0.2) is 0 Å². The van der Waals surface area contributed by atoms with Gasteiger partial charge < -0.3 is 5.32 Å². The number of rotatable bonds is 0. The predicted molar refractivity (Wildman–Crippen MR) is 43.3 cm³/mol. The molecule has 0 saturated heterocycles. The molecule has 0 aromatic carbocycles. The first kappa shape index (κ1) is 6.04. The molecule has 0 spiro atoms. The van der Waals surface area contributed by atoms with E-state index in [0.29, 0.717) is 0 Å². The van der Waals surface area contributed by atoms with Gasteiger partial charge in [-0.05, 0) is 12.5 Å². The Balaban J connectivity index is 2.59. The van der Waals surface area contributed by atoms with Crippen LogP contribution in [0.3, 0.4) is 0 Å². The molecular formula is C7H8N2S. The maximum Gasteiger partial charge on any atom is 0.0659 e. The molecule has 0 radical (unpaired) electrons. The SMILES string of the molecule is Cc1cncc2c1NCS2. The molecule has 2 nitrogen and oxygen atoms in total. The van der Waals surface area contributed by atoms with Crippen molar-refractivity contribution in [1.82, 2.24) is 4.98 Å². The Hall–Kier alpha value is -0.700. The second-order valence-electron chi connectivity index (χ2n) is 2.29. The van der Waals surface area contributed by atoms with Crippen molar-refractivity contribution in [2.24, 2.45) is 0 Å². The Labute approximate surface area is 64.0 Å². The maximum atomic E-state index is 4.10. The van der Waals surface area contributed by atoms with E-state index in [2.05, 4.69) is 17.2 Å². The lowest BCUT2D eigenvalue weighted by Crippen LogP contribution is -1.91. The van der Waals surface area contributed by atoms with Crippen molar-refractivity contribution in [3.63, 3.8) is 0 Å². The van der Waals surface area contributed by atoms with Gasteiger partial charge in [-0.25, -0.2) is 0 Å². The third-order valence-electron chi connectivity index (χ3n) is 1.58. The first-order chi connectivity index (χ1) is 4.88. The molecule has 1 aliphatic heterocycles. The summed E-state index contributed by atoms with van der Waals surface area (Å²) < 4.78 is 0. The number of fused-ring (bicyclic) bond motifs is 1. The summed E-state index contributed by atoms with van der Waals surface area (Å²) in [6.07, 6.45) is 3.80. The average Bonchev–Trinajstić information content (AvgIpc) is 2.36. The fourth-order valence-electron chi connectivity index (χ4n) is 1.06. The smallest absolute Gasteiger partial charge is 0.0659 e. The third-order valence-corrected chi connectivity index (χ3v) is 2.49. The quantitative estimate of drug-likeness (QED) is 0.614. The van der Waals surface area contributed by atoms with Gasteiger partial charge in [0.2, 0.25) is 0 Å². The van der Waals surface area contributed by atoms with Crippen molar-refractivity contribution in [3.8, 4) is 0 Å². The Morgan fingerprint density at radius 2 is 2.50 bits per heavy atom. The molecular weight excluding hydrogens is 144 g/mol. The van der Waals surface area contributed by atoms with Gasteiger partial charge in [-0.1, -0.05) is 0 Å². The van der Waals surface area contributed by atoms with Crippen LogP contribution in [0.25, 0.3) is 0 Å². The molecule has 2 heterocycles. The van der Waals surface area contributed by atoms with Crippen LogP contribution in [-0.4, -0.2) is 10.9 Å². The highest BCUT2D eigenvalue weighted by Gasteiger charge is 2.11. The summed E-state index contributed by atoms with van der Waals surface area (Å²) in [7, 11) is 0.